The maximum Gasteiger partial charge on any atom is 0.407 e. The van der Waals surface area contributed by atoms with Crippen molar-refractivity contribution in [2.24, 2.45) is 11.8 Å². The van der Waals surface area contributed by atoms with Crippen molar-refractivity contribution < 1.29 is 33.4 Å². The van der Waals surface area contributed by atoms with Crippen molar-refractivity contribution in [3.05, 3.63) is 72.4 Å². The van der Waals surface area contributed by atoms with Crippen molar-refractivity contribution in [1.29, 1.82) is 0 Å². The number of aromatic nitrogens is 4. The van der Waals surface area contributed by atoms with Crippen LogP contribution in [0, 0.1) is 11.8 Å². The molecule has 3 aromatic carbocycles. The van der Waals surface area contributed by atoms with Crippen LogP contribution in [0.2, 0.25) is 0 Å². The average molecular weight is 837 g/mol. The number of hydrogen-bond donors (Lipinski definition) is 4. The molecule has 2 fully saturated rings. The summed E-state index contributed by atoms with van der Waals surface area (Å²) in [5.41, 5.74) is 5.78. The van der Waals surface area contributed by atoms with Gasteiger partial charge in [-0.15, -0.1) is 0 Å². The van der Waals surface area contributed by atoms with Crippen LogP contribution in [-0.2, 0) is 23.8 Å². The zero-order valence-corrected chi connectivity index (χ0v) is 36.2. The maximum atomic E-state index is 13.9. The second-order valence-corrected chi connectivity index (χ2v) is 16.0. The number of fused-ring (bicyclic) bond motifs is 2. The predicted molar refractivity (Wildman–Crippen MR) is 233 cm³/mol. The third-order valence-corrected chi connectivity index (χ3v) is 12.6. The molecule has 15 heteroatoms. The van der Waals surface area contributed by atoms with Gasteiger partial charge in [0.25, 0.3) is 0 Å². The van der Waals surface area contributed by atoms with E-state index in [1.807, 2.05) is 36.1 Å². The molecule has 4 heterocycles. The first-order valence-corrected chi connectivity index (χ1v) is 21.7. The minimum Gasteiger partial charge on any atom is -0.453 e. The van der Waals surface area contributed by atoms with Gasteiger partial charge in [-0.1, -0.05) is 83.7 Å². The molecule has 3 amide bonds. The van der Waals surface area contributed by atoms with Gasteiger partial charge in [-0.2, -0.15) is 5.06 Å². The molecule has 0 bridgehead atoms. The summed E-state index contributed by atoms with van der Waals surface area (Å²) in [4.78, 5) is 63.3. The number of alkyl carbamates (subject to hydrolysis) is 2. The van der Waals surface area contributed by atoms with Crippen LogP contribution in [0.1, 0.15) is 90.0 Å². The predicted octanol–water partition coefficient (Wildman–Crippen LogP) is 8.06. The smallest absolute Gasteiger partial charge is 0.407 e. The Hall–Kier alpha value is -5.51. The number of imidazole rings is 2. The van der Waals surface area contributed by atoms with Gasteiger partial charge in [0.15, 0.2) is 0 Å². The lowest BCUT2D eigenvalue weighted by Gasteiger charge is -2.35. The number of carbonyl (C=O) groups excluding carboxylic acids is 3. The number of aromatic amines is 2. The molecule has 0 saturated carbocycles. The highest BCUT2D eigenvalue weighted by atomic mass is 16.7. The molecule has 4 N–H and O–H groups in total. The molecule has 4 atom stereocenters. The van der Waals surface area contributed by atoms with E-state index in [4.69, 9.17) is 29.0 Å². The van der Waals surface area contributed by atoms with Crippen molar-refractivity contribution in [3.8, 4) is 22.4 Å². The average Bonchev–Trinajstić information content (AvgIpc) is 4.08. The first-order chi connectivity index (χ1) is 29.7. The van der Waals surface area contributed by atoms with Crippen LogP contribution in [0.5, 0.6) is 0 Å². The highest BCUT2D eigenvalue weighted by Gasteiger charge is 2.39. The van der Waals surface area contributed by atoms with Crippen molar-refractivity contribution in [2.75, 3.05) is 47.1 Å². The van der Waals surface area contributed by atoms with Crippen LogP contribution in [0.4, 0.5) is 9.59 Å². The summed E-state index contributed by atoms with van der Waals surface area (Å²) in [5, 5.41) is 9.88. The molecule has 0 radical (unpaired) electrons. The van der Waals surface area contributed by atoms with Crippen LogP contribution in [-0.4, -0.2) is 107 Å². The molecule has 0 aliphatic carbocycles. The minimum absolute atomic E-state index is 0.00263. The highest BCUT2D eigenvalue weighted by Crippen LogP contribution is 2.35. The Balaban J connectivity index is 1.05. The molecule has 7 rings (SSSR count). The number of rotatable bonds is 16. The Bertz CT molecular complexity index is 2280. The van der Waals surface area contributed by atoms with Gasteiger partial charge in [0.2, 0.25) is 5.91 Å². The standard InChI is InChI=1S/C46H60N8O7/c1-7-28(8-2)38(51-45(56)58-5)26-61-54-20-21-60-27-40(54)43-48-35-18-17-33(24-36(35)49-43)31-13-14-32-23-34(16-15-30(32)22-31)37-25-47-42(50-37)39-12-11-19-53(39)44(55)41(29(9-3)10-4)52-46(57)59-6/h13-18,22-25,28-29,38-41H,7-12,19-21,26-27H2,1-6H3,(H,47,50)(H,48,49)(H,51,56)(H,52,57)/t38-,39+,40+,41+/m1/s1. The van der Waals surface area contributed by atoms with Gasteiger partial charge in [0, 0.05) is 18.7 Å². The van der Waals surface area contributed by atoms with E-state index in [9.17, 15) is 14.4 Å². The highest BCUT2D eigenvalue weighted by molar-refractivity contribution is 5.92. The number of carbonyl (C=O) groups is 3. The number of H-pyrrole nitrogens is 2. The van der Waals surface area contributed by atoms with Gasteiger partial charge in [0.05, 0.1) is 69.0 Å². The van der Waals surface area contributed by atoms with Crippen LogP contribution in [0.15, 0.2) is 60.8 Å². The summed E-state index contributed by atoms with van der Waals surface area (Å²) in [6.07, 6.45) is 5.75. The molecule has 2 saturated heterocycles. The van der Waals surface area contributed by atoms with E-state index in [2.05, 4.69) is 83.0 Å². The fourth-order valence-corrected chi connectivity index (χ4v) is 8.93. The fourth-order valence-electron chi connectivity index (χ4n) is 8.93. The molecular formula is C46H60N8O7. The van der Waals surface area contributed by atoms with E-state index in [-0.39, 0.29) is 35.9 Å². The lowest BCUT2D eigenvalue weighted by Crippen LogP contribution is -2.52. The summed E-state index contributed by atoms with van der Waals surface area (Å²) in [6, 6.07) is 17.8. The third kappa shape index (κ3) is 9.69. The van der Waals surface area contributed by atoms with Gasteiger partial charge in [-0.3, -0.25) is 9.63 Å². The summed E-state index contributed by atoms with van der Waals surface area (Å²) in [5.74, 6) is 1.64. The van der Waals surface area contributed by atoms with E-state index in [1.165, 1.54) is 14.2 Å². The van der Waals surface area contributed by atoms with Crippen molar-refractivity contribution in [2.45, 2.75) is 90.4 Å². The van der Waals surface area contributed by atoms with Gasteiger partial charge in [-0.05, 0) is 70.8 Å². The zero-order chi connectivity index (χ0) is 43.0. The molecule has 326 valence electrons. The topological polar surface area (TPSA) is 176 Å². The number of morpholine rings is 1. The minimum atomic E-state index is -0.660. The number of hydrogen-bond acceptors (Lipinski definition) is 10. The molecule has 0 spiro atoms. The van der Waals surface area contributed by atoms with Crippen LogP contribution < -0.4 is 10.6 Å². The molecule has 15 nitrogen and oxygen atoms in total. The van der Waals surface area contributed by atoms with Gasteiger partial charge >= 0.3 is 12.2 Å². The monoisotopic (exact) mass is 836 g/mol. The Morgan fingerprint density at radius 2 is 1.48 bits per heavy atom. The third-order valence-electron chi connectivity index (χ3n) is 12.6. The van der Waals surface area contributed by atoms with E-state index in [0.29, 0.717) is 32.9 Å². The molecule has 2 aromatic heterocycles. The Kier molecular flexibility index (Phi) is 14.2. The Morgan fingerprint density at radius 3 is 2.20 bits per heavy atom. The SMILES string of the molecule is CCC(CC)[C@H](NC(=O)OC)C(=O)N1CCC[C@H]1c1ncc(-c2ccc3cc(-c4ccc5nc([C@@H]6COCCN6OC[C@@H](NC(=O)OC)C(CC)CC)[nH]c5c4)ccc3c2)[nH]1. The number of benzene rings is 3. The Morgan fingerprint density at radius 1 is 0.803 bits per heavy atom. The van der Waals surface area contributed by atoms with Crippen molar-refractivity contribution in [1.82, 2.24) is 40.5 Å². The fraction of sp³-hybridized carbons (Fsp3) is 0.500. The number of hydroxylamine groups is 2. The maximum absolute atomic E-state index is 13.9. The van der Waals surface area contributed by atoms with Crippen LogP contribution >= 0.6 is 0 Å². The molecule has 61 heavy (non-hydrogen) atoms. The molecule has 5 aromatic rings. The van der Waals surface area contributed by atoms with Crippen molar-refractivity contribution in [3.63, 3.8) is 0 Å². The number of amides is 3. The number of methoxy groups -OCH3 is 2. The number of nitrogens with zero attached hydrogens (tertiary/aromatic N) is 4. The number of nitrogens with one attached hydrogen (secondary N) is 4. The summed E-state index contributed by atoms with van der Waals surface area (Å²) in [6.45, 7) is 10.7. The van der Waals surface area contributed by atoms with Gasteiger partial charge in [-0.25, -0.2) is 19.6 Å². The molecule has 2 aliphatic heterocycles. The normalized spacial score (nSPS) is 18.2. The second kappa shape index (κ2) is 19.9. The number of likely N-dealkylation sites (tertiary alicyclic amines) is 1. The van der Waals surface area contributed by atoms with E-state index >= 15 is 0 Å². The second-order valence-electron chi connectivity index (χ2n) is 16.0. The lowest BCUT2D eigenvalue weighted by molar-refractivity contribution is -0.233. The van der Waals surface area contributed by atoms with Crippen LogP contribution in [0.3, 0.4) is 0 Å². The van der Waals surface area contributed by atoms with E-state index in [0.717, 1.165) is 94.4 Å². The van der Waals surface area contributed by atoms with Crippen molar-refractivity contribution >= 4 is 39.9 Å². The van der Waals surface area contributed by atoms with Crippen LogP contribution in [0.25, 0.3) is 44.2 Å². The Labute approximate surface area is 357 Å². The molecular weight excluding hydrogens is 777 g/mol. The molecule has 2 aliphatic rings. The first kappa shape index (κ1) is 43.6. The zero-order valence-electron chi connectivity index (χ0n) is 36.2. The summed E-state index contributed by atoms with van der Waals surface area (Å²) in [7, 11) is 2.69. The van der Waals surface area contributed by atoms with E-state index in [1.54, 1.807) is 0 Å². The number of ether oxygens (including phenoxy) is 3. The molecule has 0 unspecified atom stereocenters. The van der Waals surface area contributed by atoms with E-state index < -0.39 is 18.2 Å². The lowest BCUT2D eigenvalue weighted by atomic mass is 9.93. The van der Waals surface area contributed by atoms with Gasteiger partial charge < -0.3 is 39.7 Å². The largest absolute Gasteiger partial charge is 0.453 e. The summed E-state index contributed by atoms with van der Waals surface area (Å²) >= 11 is 0. The van der Waals surface area contributed by atoms with Gasteiger partial charge in [0.1, 0.15) is 23.7 Å². The first-order valence-electron chi connectivity index (χ1n) is 21.7. The summed E-state index contributed by atoms with van der Waals surface area (Å²) < 4.78 is 15.6. The quantitative estimate of drug-likeness (QED) is 0.0761.